The highest BCUT2D eigenvalue weighted by Crippen LogP contribution is 2.62. The van der Waals surface area contributed by atoms with E-state index in [-0.39, 0.29) is 17.2 Å². The van der Waals surface area contributed by atoms with Gasteiger partial charge in [0.2, 0.25) is 5.91 Å². The number of amides is 1. The minimum Gasteiger partial charge on any atom is -0.477 e. The standard InChI is InChI=1S/C21H21NO3S/c23-19(16-11-21(16)8-7-13-4-1-2-5-15(13)21)22-9-3-6-17-14(12-22)10-18(26-17)20(24)25/h1-2,4-5,10,16H,3,6-9,11-12H2,(H,24,25). The molecule has 1 aromatic carbocycles. The predicted molar refractivity (Wildman–Crippen MR) is 99.6 cm³/mol. The van der Waals surface area contributed by atoms with Crippen molar-refractivity contribution in [3.8, 4) is 0 Å². The molecule has 0 radical (unpaired) electrons. The average Bonchev–Trinajstić information content (AvgIpc) is 3.14. The Morgan fingerprint density at radius 3 is 2.88 bits per heavy atom. The maximum Gasteiger partial charge on any atom is 0.345 e. The van der Waals surface area contributed by atoms with Crippen LogP contribution in [0.2, 0.25) is 0 Å². The van der Waals surface area contributed by atoms with Crippen molar-refractivity contribution in [2.45, 2.75) is 44.1 Å². The predicted octanol–water partition coefficient (Wildman–Crippen LogP) is 3.63. The van der Waals surface area contributed by atoms with E-state index in [9.17, 15) is 14.7 Å². The Morgan fingerprint density at radius 1 is 1.19 bits per heavy atom. The van der Waals surface area contributed by atoms with E-state index < -0.39 is 5.97 Å². The monoisotopic (exact) mass is 367 g/mol. The number of aromatic carboxylic acids is 1. The third kappa shape index (κ3) is 2.33. The van der Waals surface area contributed by atoms with Crippen molar-refractivity contribution < 1.29 is 14.7 Å². The summed E-state index contributed by atoms with van der Waals surface area (Å²) in [4.78, 5) is 28.0. The molecular weight excluding hydrogens is 346 g/mol. The van der Waals surface area contributed by atoms with Gasteiger partial charge in [0.1, 0.15) is 4.88 Å². The van der Waals surface area contributed by atoms with Gasteiger partial charge in [-0.15, -0.1) is 11.3 Å². The van der Waals surface area contributed by atoms with Crippen molar-refractivity contribution in [1.29, 1.82) is 0 Å². The Morgan fingerprint density at radius 2 is 2.04 bits per heavy atom. The molecule has 5 rings (SSSR count). The number of hydrogen-bond donors (Lipinski definition) is 1. The van der Waals surface area contributed by atoms with E-state index in [0.29, 0.717) is 11.4 Å². The summed E-state index contributed by atoms with van der Waals surface area (Å²) < 4.78 is 0. The van der Waals surface area contributed by atoms with Gasteiger partial charge in [-0.2, -0.15) is 0 Å². The smallest absolute Gasteiger partial charge is 0.345 e. The summed E-state index contributed by atoms with van der Waals surface area (Å²) >= 11 is 1.37. The van der Waals surface area contributed by atoms with Crippen molar-refractivity contribution in [2.75, 3.05) is 6.54 Å². The van der Waals surface area contributed by atoms with Gasteiger partial charge in [0.15, 0.2) is 0 Å². The molecule has 2 aliphatic carbocycles. The van der Waals surface area contributed by atoms with Crippen LogP contribution in [-0.4, -0.2) is 28.4 Å². The van der Waals surface area contributed by atoms with Crippen LogP contribution in [-0.2, 0) is 29.6 Å². The number of nitrogens with zero attached hydrogens (tertiary/aromatic N) is 1. The van der Waals surface area contributed by atoms with Gasteiger partial charge in [0, 0.05) is 29.3 Å². The van der Waals surface area contributed by atoms with Gasteiger partial charge in [-0.05, 0) is 54.9 Å². The van der Waals surface area contributed by atoms with Crippen LogP contribution in [0.4, 0.5) is 0 Å². The highest BCUT2D eigenvalue weighted by molar-refractivity contribution is 7.14. The fourth-order valence-electron chi connectivity index (χ4n) is 4.96. The lowest BCUT2D eigenvalue weighted by molar-refractivity contribution is -0.133. The van der Waals surface area contributed by atoms with Crippen molar-refractivity contribution >= 4 is 23.2 Å². The van der Waals surface area contributed by atoms with E-state index in [1.54, 1.807) is 6.07 Å². The van der Waals surface area contributed by atoms with Crippen LogP contribution in [0.5, 0.6) is 0 Å². The van der Waals surface area contributed by atoms with Crippen molar-refractivity contribution in [3.05, 3.63) is 56.8 Å². The largest absolute Gasteiger partial charge is 0.477 e. The molecule has 1 amide bonds. The summed E-state index contributed by atoms with van der Waals surface area (Å²) in [5.41, 5.74) is 3.89. The molecule has 3 aliphatic rings. The Labute approximate surface area is 156 Å². The number of thiophene rings is 1. The van der Waals surface area contributed by atoms with E-state index in [1.807, 2.05) is 4.90 Å². The highest BCUT2D eigenvalue weighted by Gasteiger charge is 2.62. The molecule has 2 heterocycles. The van der Waals surface area contributed by atoms with E-state index >= 15 is 0 Å². The van der Waals surface area contributed by atoms with Gasteiger partial charge in [-0.1, -0.05) is 24.3 Å². The molecule has 0 saturated heterocycles. The lowest BCUT2D eigenvalue weighted by Crippen LogP contribution is -2.33. The molecule has 26 heavy (non-hydrogen) atoms. The summed E-state index contributed by atoms with van der Waals surface area (Å²) in [6.45, 7) is 1.34. The van der Waals surface area contributed by atoms with Gasteiger partial charge >= 0.3 is 5.97 Å². The molecule has 1 aliphatic heterocycles. The second-order valence-corrected chi connectivity index (χ2v) is 8.93. The molecule has 2 aromatic rings. The highest BCUT2D eigenvalue weighted by atomic mass is 32.1. The molecular formula is C21H21NO3S. The minimum absolute atomic E-state index is 0.0731. The first-order valence-corrected chi connectivity index (χ1v) is 10.1. The number of rotatable bonds is 2. The zero-order valence-corrected chi connectivity index (χ0v) is 15.3. The maximum absolute atomic E-state index is 13.2. The third-order valence-corrected chi connectivity index (χ3v) is 7.60. The number of benzene rings is 1. The lowest BCUT2D eigenvalue weighted by atomic mass is 9.95. The molecule has 1 saturated carbocycles. The number of carboxylic acids is 1. The first kappa shape index (κ1) is 16.1. The van der Waals surface area contributed by atoms with E-state index in [2.05, 4.69) is 24.3 Å². The molecule has 2 atom stereocenters. The van der Waals surface area contributed by atoms with Gasteiger partial charge < -0.3 is 10.0 Å². The van der Waals surface area contributed by atoms with Crippen LogP contribution in [0.15, 0.2) is 30.3 Å². The van der Waals surface area contributed by atoms with Gasteiger partial charge in [0.05, 0.1) is 0 Å². The van der Waals surface area contributed by atoms with E-state index in [0.717, 1.165) is 49.1 Å². The van der Waals surface area contributed by atoms with Crippen LogP contribution in [0.1, 0.15) is 50.5 Å². The molecule has 0 bridgehead atoms. The lowest BCUT2D eigenvalue weighted by Gasteiger charge is -2.22. The maximum atomic E-state index is 13.2. The second-order valence-electron chi connectivity index (χ2n) is 7.80. The Bertz CT molecular complexity index is 918. The summed E-state index contributed by atoms with van der Waals surface area (Å²) in [6, 6.07) is 10.3. The van der Waals surface area contributed by atoms with Crippen LogP contribution >= 0.6 is 11.3 Å². The van der Waals surface area contributed by atoms with Crippen molar-refractivity contribution in [3.63, 3.8) is 0 Å². The number of carbonyl (C=O) groups excluding carboxylic acids is 1. The topological polar surface area (TPSA) is 57.6 Å². The quantitative estimate of drug-likeness (QED) is 0.882. The summed E-state index contributed by atoms with van der Waals surface area (Å²) in [5.74, 6) is -0.507. The number of aryl methyl sites for hydroxylation is 2. The third-order valence-electron chi connectivity index (χ3n) is 6.38. The van der Waals surface area contributed by atoms with Crippen LogP contribution in [0, 0.1) is 5.92 Å². The average molecular weight is 367 g/mol. The van der Waals surface area contributed by atoms with Crippen LogP contribution < -0.4 is 0 Å². The molecule has 134 valence electrons. The molecule has 1 N–H and O–H groups in total. The zero-order valence-electron chi connectivity index (χ0n) is 14.5. The van der Waals surface area contributed by atoms with Gasteiger partial charge in [-0.25, -0.2) is 4.79 Å². The molecule has 2 unspecified atom stereocenters. The number of carbonyl (C=O) groups is 2. The summed E-state index contributed by atoms with van der Waals surface area (Å²) in [6.07, 6.45) is 4.92. The van der Waals surface area contributed by atoms with Crippen LogP contribution in [0.3, 0.4) is 0 Å². The van der Waals surface area contributed by atoms with E-state index in [1.165, 1.54) is 22.5 Å². The number of hydrogen-bond acceptors (Lipinski definition) is 3. The Hall–Kier alpha value is -2.14. The number of carboxylic acid groups (broad SMARTS) is 1. The fraction of sp³-hybridized carbons (Fsp3) is 0.429. The summed E-state index contributed by atoms with van der Waals surface area (Å²) in [7, 11) is 0. The first-order valence-electron chi connectivity index (χ1n) is 9.30. The molecule has 1 aromatic heterocycles. The van der Waals surface area contributed by atoms with Gasteiger partial charge in [-0.3, -0.25) is 4.79 Å². The van der Waals surface area contributed by atoms with Crippen LogP contribution in [0.25, 0.3) is 0 Å². The minimum atomic E-state index is -0.871. The fourth-order valence-corrected chi connectivity index (χ4v) is 6.02. The molecule has 5 heteroatoms. The molecule has 4 nitrogen and oxygen atoms in total. The number of fused-ring (bicyclic) bond motifs is 3. The Balaban J connectivity index is 1.38. The Kier molecular flexibility index (Phi) is 3.51. The normalized spacial score (nSPS) is 26.3. The SMILES string of the molecule is O=C(O)c1cc2c(s1)CCCN(C(=O)C1CC13CCc1ccccc13)C2. The van der Waals surface area contributed by atoms with E-state index in [4.69, 9.17) is 0 Å². The van der Waals surface area contributed by atoms with Crippen molar-refractivity contribution in [1.82, 2.24) is 4.90 Å². The zero-order chi connectivity index (χ0) is 17.9. The molecule has 1 spiro atoms. The first-order chi connectivity index (χ1) is 12.6. The molecule has 1 fully saturated rings. The van der Waals surface area contributed by atoms with Gasteiger partial charge in [0.25, 0.3) is 0 Å². The second kappa shape index (κ2) is 5.68. The van der Waals surface area contributed by atoms with Crippen molar-refractivity contribution in [2.24, 2.45) is 5.92 Å². The summed E-state index contributed by atoms with van der Waals surface area (Å²) in [5, 5.41) is 9.24.